The van der Waals surface area contributed by atoms with E-state index in [1.807, 2.05) is 11.7 Å². The van der Waals surface area contributed by atoms with Crippen molar-refractivity contribution in [3.05, 3.63) is 18.0 Å². The van der Waals surface area contributed by atoms with Gasteiger partial charge in [0, 0.05) is 31.8 Å². The van der Waals surface area contributed by atoms with Gasteiger partial charge in [-0.15, -0.1) is 0 Å². The van der Waals surface area contributed by atoms with Gasteiger partial charge in [0.25, 0.3) is 0 Å². The topological polar surface area (TPSA) is 48.3 Å². The van der Waals surface area contributed by atoms with Gasteiger partial charge in [0.05, 0.1) is 25.5 Å². The smallest absolute Gasteiger partial charge is 0.0701 e. The molecule has 2 unspecified atom stereocenters. The molecule has 0 aliphatic heterocycles. The van der Waals surface area contributed by atoms with Crippen molar-refractivity contribution in [1.29, 1.82) is 0 Å². The van der Waals surface area contributed by atoms with Gasteiger partial charge in [-0.3, -0.25) is 4.68 Å². The van der Waals surface area contributed by atoms with Crippen LogP contribution in [0.25, 0.3) is 0 Å². The lowest BCUT2D eigenvalue weighted by Crippen LogP contribution is -2.33. The Hall–Kier alpha value is -0.910. The van der Waals surface area contributed by atoms with Crippen molar-refractivity contribution in [3.63, 3.8) is 0 Å². The van der Waals surface area contributed by atoms with Gasteiger partial charge in [-0.05, 0) is 26.5 Å². The fourth-order valence-corrected chi connectivity index (χ4v) is 1.78. The van der Waals surface area contributed by atoms with Crippen LogP contribution in [0.3, 0.4) is 0 Å². The Morgan fingerprint density at radius 2 is 2.21 bits per heavy atom. The van der Waals surface area contributed by atoms with Crippen molar-refractivity contribution >= 4 is 0 Å². The normalized spacial score (nSPS) is 14.5. The van der Waals surface area contributed by atoms with Crippen molar-refractivity contribution in [2.75, 3.05) is 34.0 Å². The fraction of sp³-hybridized carbons (Fsp3) is 0.786. The van der Waals surface area contributed by atoms with Gasteiger partial charge in [-0.25, -0.2) is 0 Å². The second-order valence-corrected chi connectivity index (χ2v) is 4.80. The third-order valence-corrected chi connectivity index (χ3v) is 3.32. The molecule has 1 rings (SSSR count). The third-order valence-electron chi connectivity index (χ3n) is 3.32. The van der Waals surface area contributed by atoms with Crippen LogP contribution in [0, 0.1) is 0 Å². The molecule has 0 aliphatic rings. The Bertz CT molecular complexity index is 341. The van der Waals surface area contributed by atoms with Crippen LogP contribution in [0.2, 0.25) is 0 Å². The summed E-state index contributed by atoms with van der Waals surface area (Å²) in [5, 5.41) is 7.87. The lowest BCUT2D eigenvalue weighted by molar-refractivity contribution is 0.0596. The maximum absolute atomic E-state index is 5.55. The Kier molecular flexibility index (Phi) is 7.70. The number of aromatic nitrogens is 2. The van der Waals surface area contributed by atoms with E-state index < -0.39 is 0 Å². The molecule has 0 amide bonds. The quantitative estimate of drug-likeness (QED) is 0.656. The van der Waals surface area contributed by atoms with Crippen molar-refractivity contribution < 1.29 is 9.47 Å². The Labute approximate surface area is 116 Å². The molecule has 0 radical (unpaired) electrons. The van der Waals surface area contributed by atoms with Crippen LogP contribution in [0.15, 0.2) is 12.3 Å². The summed E-state index contributed by atoms with van der Waals surface area (Å²) in [4.78, 5) is 0. The highest BCUT2D eigenvalue weighted by Crippen LogP contribution is 2.10. The minimum absolute atomic E-state index is 0.289. The SMILES string of the molecule is CCC(C)n1ccc(CC(COCCOC)NC)n1. The van der Waals surface area contributed by atoms with E-state index in [9.17, 15) is 0 Å². The average molecular weight is 269 g/mol. The number of likely N-dealkylation sites (N-methyl/N-ethyl adjacent to an activating group) is 1. The molecule has 5 heteroatoms. The number of hydrogen-bond acceptors (Lipinski definition) is 4. The Morgan fingerprint density at radius 3 is 2.84 bits per heavy atom. The number of nitrogens with zero attached hydrogens (tertiary/aromatic N) is 2. The summed E-state index contributed by atoms with van der Waals surface area (Å²) in [6.45, 7) is 6.30. The fourth-order valence-electron chi connectivity index (χ4n) is 1.78. The maximum Gasteiger partial charge on any atom is 0.0701 e. The molecule has 1 heterocycles. The number of rotatable bonds is 10. The molecule has 0 saturated heterocycles. The van der Waals surface area contributed by atoms with Crippen molar-refractivity contribution in [1.82, 2.24) is 15.1 Å². The van der Waals surface area contributed by atoms with Crippen LogP contribution in [-0.4, -0.2) is 49.8 Å². The first-order chi connectivity index (χ1) is 9.21. The van der Waals surface area contributed by atoms with Gasteiger partial charge in [0.15, 0.2) is 0 Å². The summed E-state index contributed by atoms with van der Waals surface area (Å²) >= 11 is 0. The van der Waals surface area contributed by atoms with Crippen LogP contribution >= 0.6 is 0 Å². The molecule has 5 nitrogen and oxygen atoms in total. The largest absolute Gasteiger partial charge is 0.382 e. The van der Waals surface area contributed by atoms with E-state index in [1.54, 1.807) is 7.11 Å². The predicted molar refractivity (Wildman–Crippen MR) is 76.5 cm³/mol. The maximum atomic E-state index is 5.55. The molecule has 1 N–H and O–H groups in total. The Morgan fingerprint density at radius 1 is 1.42 bits per heavy atom. The van der Waals surface area contributed by atoms with Crippen molar-refractivity contribution in [3.8, 4) is 0 Å². The lowest BCUT2D eigenvalue weighted by Gasteiger charge is -2.15. The third kappa shape index (κ3) is 5.72. The molecule has 0 spiro atoms. The van der Waals surface area contributed by atoms with Gasteiger partial charge in [0.2, 0.25) is 0 Å². The van der Waals surface area contributed by atoms with Crippen molar-refractivity contribution in [2.24, 2.45) is 0 Å². The average Bonchev–Trinajstić information content (AvgIpc) is 2.89. The molecule has 0 fully saturated rings. The van der Waals surface area contributed by atoms with E-state index >= 15 is 0 Å². The summed E-state index contributed by atoms with van der Waals surface area (Å²) in [5.74, 6) is 0. The van der Waals surface area contributed by atoms with E-state index in [0.29, 0.717) is 25.9 Å². The van der Waals surface area contributed by atoms with Gasteiger partial charge in [0.1, 0.15) is 0 Å². The molecule has 19 heavy (non-hydrogen) atoms. The number of ether oxygens (including phenoxy) is 2. The summed E-state index contributed by atoms with van der Waals surface area (Å²) in [6, 6.07) is 2.84. The predicted octanol–water partition coefficient (Wildman–Crippen LogP) is 1.65. The van der Waals surface area contributed by atoms with Crippen molar-refractivity contribution in [2.45, 2.75) is 38.8 Å². The number of methoxy groups -OCH3 is 1. The van der Waals surface area contributed by atoms with Crippen LogP contribution in [0.4, 0.5) is 0 Å². The zero-order valence-corrected chi connectivity index (χ0v) is 12.6. The summed E-state index contributed by atoms with van der Waals surface area (Å²) in [6.07, 6.45) is 4.03. The zero-order chi connectivity index (χ0) is 14.1. The van der Waals surface area contributed by atoms with E-state index in [4.69, 9.17) is 9.47 Å². The number of hydrogen-bond donors (Lipinski definition) is 1. The van der Waals surface area contributed by atoms with Gasteiger partial charge in [-0.1, -0.05) is 6.92 Å². The van der Waals surface area contributed by atoms with Crippen LogP contribution in [0.5, 0.6) is 0 Å². The van der Waals surface area contributed by atoms with E-state index in [1.165, 1.54) is 0 Å². The molecule has 1 aromatic rings. The molecule has 110 valence electrons. The molecule has 0 saturated carbocycles. The molecule has 2 atom stereocenters. The standard InChI is InChI=1S/C14H27N3O2/c1-5-12(2)17-7-6-13(16-17)10-14(15-3)11-19-9-8-18-4/h6-7,12,14-15H,5,8-11H2,1-4H3. The Balaban J connectivity index is 2.40. The van der Waals surface area contributed by atoms with Crippen LogP contribution < -0.4 is 5.32 Å². The first-order valence-electron chi connectivity index (χ1n) is 6.99. The molecule has 0 aliphatic carbocycles. The number of nitrogens with one attached hydrogen (secondary N) is 1. The zero-order valence-electron chi connectivity index (χ0n) is 12.6. The van der Waals surface area contributed by atoms with E-state index in [0.717, 1.165) is 18.5 Å². The van der Waals surface area contributed by atoms with Gasteiger partial charge < -0.3 is 14.8 Å². The lowest BCUT2D eigenvalue weighted by atomic mass is 10.2. The molecule has 1 aromatic heterocycles. The molecular formula is C14H27N3O2. The van der Waals surface area contributed by atoms with E-state index in [-0.39, 0.29) is 6.04 Å². The minimum atomic E-state index is 0.289. The first kappa shape index (κ1) is 16.1. The summed E-state index contributed by atoms with van der Waals surface area (Å²) in [5.41, 5.74) is 1.11. The van der Waals surface area contributed by atoms with E-state index in [2.05, 4.69) is 36.5 Å². The highest BCUT2D eigenvalue weighted by molar-refractivity contribution is 5.02. The monoisotopic (exact) mass is 269 g/mol. The van der Waals surface area contributed by atoms with Gasteiger partial charge in [-0.2, -0.15) is 5.10 Å². The second kappa shape index (κ2) is 9.07. The summed E-state index contributed by atoms with van der Waals surface area (Å²) in [7, 11) is 3.64. The van der Waals surface area contributed by atoms with Crippen LogP contribution in [-0.2, 0) is 15.9 Å². The first-order valence-corrected chi connectivity index (χ1v) is 6.99. The van der Waals surface area contributed by atoms with Crippen LogP contribution in [0.1, 0.15) is 32.0 Å². The molecule has 0 bridgehead atoms. The minimum Gasteiger partial charge on any atom is -0.382 e. The van der Waals surface area contributed by atoms with Gasteiger partial charge >= 0.3 is 0 Å². The second-order valence-electron chi connectivity index (χ2n) is 4.80. The molecular weight excluding hydrogens is 242 g/mol. The highest BCUT2D eigenvalue weighted by atomic mass is 16.5. The molecule has 0 aromatic carbocycles. The highest BCUT2D eigenvalue weighted by Gasteiger charge is 2.11. The summed E-state index contributed by atoms with van der Waals surface area (Å²) < 4.78 is 12.5.